The van der Waals surface area contributed by atoms with Crippen LogP contribution in [-0.4, -0.2) is 43.8 Å². The molecule has 0 bridgehead atoms. The summed E-state index contributed by atoms with van der Waals surface area (Å²) in [4.78, 5) is 29.9. The van der Waals surface area contributed by atoms with Crippen LogP contribution >= 0.6 is 0 Å². The average Bonchev–Trinajstić information content (AvgIpc) is 3.04. The van der Waals surface area contributed by atoms with Gasteiger partial charge in [0, 0.05) is 19.0 Å². The van der Waals surface area contributed by atoms with Gasteiger partial charge in [0.25, 0.3) is 10.0 Å². The van der Waals surface area contributed by atoms with Gasteiger partial charge in [-0.3, -0.25) is 13.9 Å². The third-order valence-electron chi connectivity index (χ3n) is 7.78. The molecule has 0 aliphatic rings. The van der Waals surface area contributed by atoms with Crippen LogP contribution in [0.5, 0.6) is 0 Å². The average molecular weight is 630 g/mol. The number of hydrogen-bond donors (Lipinski definition) is 1. The van der Waals surface area contributed by atoms with Crippen LogP contribution in [0.2, 0.25) is 0 Å². The molecule has 1 N–H and O–H groups in total. The fraction of sp³-hybridized carbons (Fsp3) is 0.278. The van der Waals surface area contributed by atoms with Gasteiger partial charge in [-0.2, -0.15) is 0 Å². The van der Waals surface area contributed by atoms with Gasteiger partial charge in [-0.25, -0.2) is 12.8 Å². The molecular weight excluding hydrogens is 589 g/mol. The highest BCUT2D eigenvalue weighted by molar-refractivity contribution is 7.92. The second-order valence-electron chi connectivity index (χ2n) is 11.3. The molecule has 0 fully saturated rings. The minimum Gasteiger partial charge on any atom is -0.352 e. The fourth-order valence-corrected chi connectivity index (χ4v) is 6.49. The van der Waals surface area contributed by atoms with E-state index in [-0.39, 0.29) is 29.8 Å². The monoisotopic (exact) mass is 629 g/mol. The van der Waals surface area contributed by atoms with Gasteiger partial charge in [0.15, 0.2) is 0 Å². The van der Waals surface area contributed by atoms with Crippen LogP contribution in [0.3, 0.4) is 0 Å². The van der Waals surface area contributed by atoms with Gasteiger partial charge in [0.1, 0.15) is 18.4 Å². The molecule has 2 unspecified atom stereocenters. The van der Waals surface area contributed by atoms with Crippen LogP contribution in [0.25, 0.3) is 0 Å². The number of nitrogens with zero attached hydrogens (tertiary/aromatic N) is 2. The fourth-order valence-electron chi connectivity index (χ4n) is 5.00. The van der Waals surface area contributed by atoms with Gasteiger partial charge in [-0.1, -0.05) is 79.7 Å². The van der Waals surface area contributed by atoms with Crippen molar-refractivity contribution in [3.63, 3.8) is 0 Å². The lowest BCUT2D eigenvalue weighted by Gasteiger charge is -2.34. The SMILES string of the molecule is CCC(C)NC(=O)C(Cc1ccccc1)N(Cc1ccc(F)cc1)C(=O)CN(c1cc(C)ccc1C)S(=O)(=O)c1ccccc1. The first-order valence-electron chi connectivity index (χ1n) is 15.0. The topological polar surface area (TPSA) is 86.8 Å². The molecule has 9 heteroatoms. The van der Waals surface area contributed by atoms with Crippen LogP contribution in [0.4, 0.5) is 10.1 Å². The number of carbonyl (C=O) groups excluding carboxylic acids is 2. The molecule has 4 aromatic carbocycles. The van der Waals surface area contributed by atoms with Crippen molar-refractivity contribution in [1.82, 2.24) is 10.2 Å². The normalized spacial score (nSPS) is 12.6. The second-order valence-corrected chi connectivity index (χ2v) is 13.1. The number of nitrogens with one attached hydrogen (secondary N) is 1. The molecule has 7 nitrogen and oxygen atoms in total. The summed E-state index contributed by atoms with van der Waals surface area (Å²) in [5, 5.41) is 3.01. The maximum absolute atomic E-state index is 14.5. The Kier molecular flexibility index (Phi) is 11.1. The van der Waals surface area contributed by atoms with E-state index in [1.165, 1.54) is 29.2 Å². The van der Waals surface area contributed by atoms with Gasteiger partial charge in [-0.15, -0.1) is 0 Å². The number of rotatable bonds is 13. The summed E-state index contributed by atoms with van der Waals surface area (Å²) in [5.41, 5.74) is 3.31. The van der Waals surface area contributed by atoms with E-state index in [9.17, 15) is 22.4 Å². The molecule has 0 aromatic heterocycles. The van der Waals surface area contributed by atoms with Gasteiger partial charge in [-0.05, 0) is 79.8 Å². The first kappa shape index (κ1) is 33.4. The Bertz CT molecular complexity index is 1700. The number of hydrogen-bond acceptors (Lipinski definition) is 4. The molecule has 0 saturated carbocycles. The summed E-state index contributed by atoms with van der Waals surface area (Å²) >= 11 is 0. The number of carbonyl (C=O) groups is 2. The van der Waals surface area contributed by atoms with Crippen molar-refractivity contribution >= 4 is 27.5 Å². The first-order chi connectivity index (χ1) is 21.5. The van der Waals surface area contributed by atoms with E-state index < -0.39 is 34.3 Å². The van der Waals surface area contributed by atoms with Crippen molar-refractivity contribution in [2.45, 2.75) is 64.1 Å². The maximum Gasteiger partial charge on any atom is 0.264 e. The molecule has 0 saturated heterocycles. The third-order valence-corrected chi connectivity index (χ3v) is 9.56. The minimum absolute atomic E-state index is 0.0312. The van der Waals surface area contributed by atoms with Gasteiger partial charge < -0.3 is 10.2 Å². The van der Waals surface area contributed by atoms with E-state index in [2.05, 4.69) is 5.32 Å². The molecule has 4 rings (SSSR count). The summed E-state index contributed by atoms with van der Waals surface area (Å²) in [7, 11) is -4.19. The quantitative estimate of drug-likeness (QED) is 0.191. The Balaban J connectivity index is 1.83. The van der Waals surface area contributed by atoms with Crippen LogP contribution in [0.15, 0.2) is 108 Å². The Hall–Kier alpha value is -4.50. The summed E-state index contributed by atoms with van der Waals surface area (Å²) in [6, 6.07) is 27.4. The lowest BCUT2D eigenvalue weighted by atomic mass is 10.0. The zero-order chi connectivity index (χ0) is 32.6. The molecule has 0 heterocycles. The Morgan fingerprint density at radius 3 is 2.09 bits per heavy atom. The molecule has 0 aliphatic carbocycles. The van der Waals surface area contributed by atoms with E-state index in [0.29, 0.717) is 23.2 Å². The van der Waals surface area contributed by atoms with E-state index >= 15 is 0 Å². The Labute approximate surface area is 265 Å². The van der Waals surface area contributed by atoms with E-state index in [4.69, 9.17) is 0 Å². The number of amides is 2. The predicted octanol–water partition coefficient (Wildman–Crippen LogP) is 6.19. The molecule has 2 amide bonds. The van der Waals surface area contributed by atoms with E-state index in [1.54, 1.807) is 43.3 Å². The molecular formula is C36H40FN3O4S. The Morgan fingerprint density at radius 1 is 0.844 bits per heavy atom. The largest absolute Gasteiger partial charge is 0.352 e. The number of aryl methyl sites for hydroxylation is 2. The van der Waals surface area contributed by atoms with Crippen molar-refractivity contribution in [3.8, 4) is 0 Å². The highest BCUT2D eigenvalue weighted by Gasteiger charge is 2.35. The molecule has 4 aromatic rings. The second kappa shape index (κ2) is 15.0. The molecule has 0 spiro atoms. The van der Waals surface area contributed by atoms with Crippen molar-refractivity contribution < 1.29 is 22.4 Å². The van der Waals surface area contributed by atoms with Gasteiger partial charge in [0.05, 0.1) is 10.6 Å². The lowest BCUT2D eigenvalue weighted by molar-refractivity contribution is -0.140. The summed E-state index contributed by atoms with van der Waals surface area (Å²) in [5.74, 6) is -1.35. The zero-order valence-corrected chi connectivity index (χ0v) is 26.9. The summed E-state index contributed by atoms with van der Waals surface area (Å²) in [6.07, 6.45) is 0.885. The molecule has 45 heavy (non-hydrogen) atoms. The summed E-state index contributed by atoms with van der Waals surface area (Å²) < 4.78 is 43.3. The summed E-state index contributed by atoms with van der Waals surface area (Å²) in [6.45, 7) is 6.91. The van der Waals surface area contributed by atoms with Crippen LogP contribution in [0, 0.1) is 19.7 Å². The van der Waals surface area contributed by atoms with Crippen LogP contribution in [-0.2, 0) is 32.6 Å². The highest BCUT2D eigenvalue weighted by atomic mass is 32.2. The number of sulfonamides is 1. The van der Waals surface area contributed by atoms with Crippen molar-refractivity contribution in [2.75, 3.05) is 10.8 Å². The number of halogens is 1. The maximum atomic E-state index is 14.5. The minimum atomic E-state index is -4.19. The van der Waals surface area contributed by atoms with E-state index in [0.717, 1.165) is 15.4 Å². The van der Waals surface area contributed by atoms with Crippen molar-refractivity contribution in [3.05, 3.63) is 131 Å². The lowest BCUT2D eigenvalue weighted by Crippen LogP contribution is -2.54. The first-order valence-corrected chi connectivity index (χ1v) is 16.5. The van der Waals surface area contributed by atoms with Gasteiger partial charge >= 0.3 is 0 Å². The van der Waals surface area contributed by atoms with Gasteiger partial charge in [0.2, 0.25) is 11.8 Å². The Morgan fingerprint density at radius 2 is 1.47 bits per heavy atom. The smallest absolute Gasteiger partial charge is 0.264 e. The molecule has 236 valence electrons. The zero-order valence-electron chi connectivity index (χ0n) is 26.1. The molecule has 0 aliphatic heterocycles. The highest BCUT2D eigenvalue weighted by Crippen LogP contribution is 2.29. The predicted molar refractivity (Wildman–Crippen MR) is 176 cm³/mol. The van der Waals surface area contributed by atoms with Crippen molar-refractivity contribution in [1.29, 1.82) is 0 Å². The number of anilines is 1. The van der Waals surface area contributed by atoms with Crippen LogP contribution in [0.1, 0.15) is 42.5 Å². The van der Waals surface area contributed by atoms with E-state index in [1.807, 2.05) is 63.2 Å². The molecule has 2 atom stereocenters. The standard InChI is InChI=1S/C36H40FN3O4S/c1-5-28(4)38-36(42)34(23-29-12-8-6-9-13-29)39(24-30-18-20-31(37)21-19-30)35(41)25-40(33-22-26(2)16-17-27(33)3)45(43,44)32-14-10-7-11-15-32/h6-22,28,34H,5,23-25H2,1-4H3,(H,38,42). The third kappa shape index (κ3) is 8.57. The van der Waals surface area contributed by atoms with Crippen molar-refractivity contribution in [2.24, 2.45) is 0 Å². The van der Waals surface area contributed by atoms with Crippen LogP contribution < -0.4 is 9.62 Å². The number of benzene rings is 4. The molecule has 0 radical (unpaired) electrons.